The molecule has 0 radical (unpaired) electrons. The predicted octanol–water partition coefficient (Wildman–Crippen LogP) is 1.85. The van der Waals surface area contributed by atoms with Gasteiger partial charge in [0.1, 0.15) is 5.69 Å². The highest BCUT2D eigenvalue weighted by atomic mass is 79.9. The van der Waals surface area contributed by atoms with Gasteiger partial charge in [0, 0.05) is 10.7 Å². The van der Waals surface area contributed by atoms with Gasteiger partial charge in [-0.3, -0.25) is 25.4 Å². The van der Waals surface area contributed by atoms with Crippen molar-refractivity contribution in [1.29, 1.82) is 0 Å². The maximum atomic E-state index is 11.7. The van der Waals surface area contributed by atoms with Crippen LogP contribution in [0.3, 0.4) is 0 Å². The van der Waals surface area contributed by atoms with E-state index in [9.17, 15) is 9.59 Å². The zero-order valence-corrected chi connectivity index (χ0v) is 12.1. The first kappa shape index (κ1) is 14.2. The van der Waals surface area contributed by atoms with Gasteiger partial charge in [0.05, 0.1) is 6.42 Å². The zero-order valence-electron chi connectivity index (χ0n) is 10.5. The van der Waals surface area contributed by atoms with E-state index in [4.69, 9.17) is 0 Å². The van der Waals surface area contributed by atoms with Gasteiger partial charge in [-0.2, -0.15) is 0 Å². The number of hydrogen-bond donors (Lipinski definition) is 2. The van der Waals surface area contributed by atoms with Crippen molar-refractivity contribution < 1.29 is 9.59 Å². The lowest BCUT2D eigenvalue weighted by atomic mass is 10.1. The topological polar surface area (TPSA) is 71.1 Å². The summed E-state index contributed by atoms with van der Waals surface area (Å²) in [4.78, 5) is 27.2. The van der Waals surface area contributed by atoms with Crippen molar-refractivity contribution in [2.45, 2.75) is 6.42 Å². The molecule has 0 unspecified atom stereocenters. The lowest BCUT2D eigenvalue weighted by Crippen LogP contribution is -2.42. The summed E-state index contributed by atoms with van der Waals surface area (Å²) in [7, 11) is 0. The molecule has 2 rings (SSSR count). The number of hydrazine groups is 1. The van der Waals surface area contributed by atoms with E-state index in [0.717, 1.165) is 10.0 Å². The van der Waals surface area contributed by atoms with Crippen LogP contribution < -0.4 is 10.9 Å². The molecule has 0 aliphatic heterocycles. The molecule has 0 bridgehead atoms. The summed E-state index contributed by atoms with van der Waals surface area (Å²) in [6.07, 6.45) is 1.70. The number of carbonyl (C=O) groups is 2. The molecule has 6 heteroatoms. The van der Waals surface area contributed by atoms with Gasteiger partial charge in [0.25, 0.3) is 5.91 Å². The number of hydrogen-bond acceptors (Lipinski definition) is 3. The smallest absolute Gasteiger partial charge is 0.273 e. The minimum absolute atomic E-state index is 0.190. The molecule has 2 N–H and O–H groups in total. The Morgan fingerprint density at radius 3 is 2.45 bits per heavy atom. The third kappa shape index (κ3) is 4.17. The Labute approximate surface area is 124 Å². The highest BCUT2D eigenvalue weighted by Crippen LogP contribution is 2.10. The number of nitrogens with one attached hydrogen (secondary N) is 2. The Bertz CT molecular complexity index is 600. The SMILES string of the molecule is O=C(Cc1ccc(Br)cc1)NNC(=O)c1ccccn1. The summed E-state index contributed by atoms with van der Waals surface area (Å²) < 4.78 is 0.949. The number of halogens is 1. The highest BCUT2D eigenvalue weighted by molar-refractivity contribution is 9.10. The van der Waals surface area contributed by atoms with Crippen LogP contribution in [0.1, 0.15) is 16.1 Å². The molecule has 0 fully saturated rings. The lowest BCUT2D eigenvalue weighted by molar-refractivity contribution is -0.121. The fraction of sp³-hybridized carbons (Fsp3) is 0.0714. The van der Waals surface area contributed by atoms with Gasteiger partial charge in [-0.05, 0) is 29.8 Å². The van der Waals surface area contributed by atoms with Gasteiger partial charge in [-0.1, -0.05) is 34.1 Å². The van der Waals surface area contributed by atoms with E-state index < -0.39 is 5.91 Å². The second-order valence-electron chi connectivity index (χ2n) is 4.02. The van der Waals surface area contributed by atoms with Gasteiger partial charge in [0.2, 0.25) is 5.91 Å². The van der Waals surface area contributed by atoms with Crippen LogP contribution in [0.15, 0.2) is 53.1 Å². The summed E-state index contributed by atoms with van der Waals surface area (Å²) in [5.41, 5.74) is 5.78. The first-order valence-corrected chi connectivity index (χ1v) is 6.69. The molecule has 0 saturated carbocycles. The van der Waals surface area contributed by atoms with E-state index in [1.54, 1.807) is 18.2 Å². The molecule has 1 aromatic carbocycles. The van der Waals surface area contributed by atoms with E-state index in [2.05, 4.69) is 31.8 Å². The van der Waals surface area contributed by atoms with E-state index in [0.29, 0.717) is 0 Å². The molecule has 1 aromatic heterocycles. The molecule has 1 heterocycles. The standard InChI is InChI=1S/C14H12BrN3O2/c15-11-6-4-10(5-7-11)9-13(19)17-18-14(20)12-3-1-2-8-16-12/h1-8H,9H2,(H,17,19)(H,18,20). The maximum absolute atomic E-state index is 11.7. The van der Waals surface area contributed by atoms with Gasteiger partial charge in [0.15, 0.2) is 0 Å². The molecule has 20 heavy (non-hydrogen) atoms. The summed E-state index contributed by atoms with van der Waals surface area (Å²) in [5, 5.41) is 0. The van der Waals surface area contributed by atoms with Gasteiger partial charge in [-0.25, -0.2) is 0 Å². The van der Waals surface area contributed by atoms with Crippen molar-refractivity contribution in [2.75, 3.05) is 0 Å². The van der Waals surface area contributed by atoms with Gasteiger partial charge in [-0.15, -0.1) is 0 Å². The zero-order chi connectivity index (χ0) is 14.4. The second kappa shape index (κ2) is 6.81. The number of amides is 2. The third-order valence-corrected chi connectivity index (χ3v) is 3.02. The number of nitrogens with zero attached hydrogens (tertiary/aromatic N) is 1. The summed E-state index contributed by atoms with van der Waals surface area (Å²) >= 11 is 3.32. The van der Waals surface area contributed by atoms with Crippen molar-refractivity contribution in [3.05, 3.63) is 64.4 Å². The van der Waals surface area contributed by atoms with Crippen molar-refractivity contribution in [1.82, 2.24) is 15.8 Å². The minimum atomic E-state index is -0.449. The number of aromatic nitrogens is 1. The molecule has 0 aliphatic carbocycles. The first-order chi connectivity index (χ1) is 9.65. The molecule has 0 spiro atoms. The second-order valence-corrected chi connectivity index (χ2v) is 4.94. The molecule has 102 valence electrons. The Kier molecular flexibility index (Phi) is 4.84. The number of rotatable bonds is 3. The summed E-state index contributed by atoms with van der Waals surface area (Å²) in [6, 6.07) is 12.4. The average Bonchev–Trinajstić information content (AvgIpc) is 2.48. The van der Waals surface area contributed by atoms with Crippen LogP contribution in [0, 0.1) is 0 Å². The fourth-order valence-corrected chi connectivity index (χ4v) is 1.78. The quantitative estimate of drug-likeness (QED) is 0.842. The van der Waals surface area contributed by atoms with E-state index in [-0.39, 0.29) is 18.0 Å². The van der Waals surface area contributed by atoms with Crippen LogP contribution >= 0.6 is 15.9 Å². The van der Waals surface area contributed by atoms with Crippen molar-refractivity contribution in [3.63, 3.8) is 0 Å². The molecule has 2 aromatic rings. The molecular formula is C14H12BrN3O2. The molecule has 0 saturated heterocycles. The normalized spacial score (nSPS) is 9.85. The Balaban J connectivity index is 1.83. The number of pyridine rings is 1. The fourth-order valence-electron chi connectivity index (χ4n) is 1.52. The summed E-state index contributed by atoms with van der Waals surface area (Å²) in [5.74, 6) is -0.744. The van der Waals surface area contributed by atoms with E-state index in [1.165, 1.54) is 6.20 Å². The maximum Gasteiger partial charge on any atom is 0.288 e. The van der Waals surface area contributed by atoms with Crippen LogP contribution in [0.25, 0.3) is 0 Å². The Morgan fingerprint density at radius 1 is 1.05 bits per heavy atom. The Hall–Kier alpha value is -2.21. The molecule has 0 aliphatic rings. The van der Waals surface area contributed by atoms with Crippen molar-refractivity contribution in [2.24, 2.45) is 0 Å². The monoisotopic (exact) mass is 333 g/mol. The molecule has 2 amide bonds. The van der Waals surface area contributed by atoms with Crippen molar-refractivity contribution >= 4 is 27.7 Å². The van der Waals surface area contributed by atoms with Crippen LogP contribution in [0.5, 0.6) is 0 Å². The molecular weight excluding hydrogens is 322 g/mol. The van der Waals surface area contributed by atoms with Crippen LogP contribution in [-0.4, -0.2) is 16.8 Å². The minimum Gasteiger partial charge on any atom is -0.273 e. The van der Waals surface area contributed by atoms with E-state index >= 15 is 0 Å². The number of carbonyl (C=O) groups excluding carboxylic acids is 2. The Morgan fingerprint density at radius 2 is 1.80 bits per heavy atom. The third-order valence-electron chi connectivity index (χ3n) is 2.49. The summed E-state index contributed by atoms with van der Waals surface area (Å²) in [6.45, 7) is 0. The molecule has 5 nitrogen and oxygen atoms in total. The van der Waals surface area contributed by atoms with Crippen LogP contribution in [-0.2, 0) is 11.2 Å². The van der Waals surface area contributed by atoms with Crippen LogP contribution in [0.2, 0.25) is 0 Å². The largest absolute Gasteiger partial charge is 0.288 e. The number of benzene rings is 1. The van der Waals surface area contributed by atoms with Crippen molar-refractivity contribution in [3.8, 4) is 0 Å². The van der Waals surface area contributed by atoms with Gasteiger partial charge < -0.3 is 0 Å². The average molecular weight is 334 g/mol. The molecule has 0 atom stereocenters. The predicted molar refractivity (Wildman–Crippen MR) is 77.7 cm³/mol. The highest BCUT2D eigenvalue weighted by Gasteiger charge is 2.08. The van der Waals surface area contributed by atoms with E-state index in [1.807, 2.05) is 24.3 Å². The lowest BCUT2D eigenvalue weighted by Gasteiger charge is -2.07. The first-order valence-electron chi connectivity index (χ1n) is 5.90. The van der Waals surface area contributed by atoms with Gasteiger partial charge >= 0.3 is 0 Å². The van der Waals surface area contributed by atoms with Crippen LogP contribution in [0.4, 0.5) is 0 Å².